The van der Waals surface area contributed by atoms with Gasteiger partial charge in [0.1, 0.15) is 4.90 Å². The number of amides is 3. The van der Waals surface area contributed by atoms with Gasteiger partial charge < -0.3 is 5.32 Å². The molecule has 1 aromatic heterocycles. The van der Waals surface area contributed by atoms with Crippen molar-refractivity contribution < 1.29 is 26.4 Å². The van der Waals surface area contributed by atoms with Crippen molar-refractivity contribution in [1.29, 1.82) is 0 Å². The molecule has 3 rings (SSSR count). The molecule has 1 atom stereocenters. The first-order valence-electron chi connectivity index (χ1n) is 9.55. The summed E-state index contributed by atoms with van der Waals surface area (Å²) in [5.74, 6) is -0.761. The molecular formula is C17H24N4O6S3. The third-order valence-corrected chi connectivity index (χ3v) is 9.43. The second-order valence-electron chi connectivity index (χ2n) is 7.21. The van der Waals surface area contributed by atoms with Gasteiger partial charge in [0.25, 0.3) is 0 Å². The van der Waals surface area contributed by atoms with Crippen LogP contribution in [0.25, 0.3) is 0 Å². The molecule has 2 aliphatic rings. The van der Waals surface area contributed by atoms with Gasteiger partial charge in [-0.2, -0.15) is 4.31 Å². The average molecular weight is 477 g/mol. The normalized spacial score (nSPS) is 21.8. The second-order valence-corrected chi connectivity index (χ2v) is 12.4. The van der Waals surface area contributed by atoms with E-state index >= 15 is 0 Å². The smallest absolute Gasteiger partial charge is 0.321 e. The van der Waals surface area contributed by atoms with Crippen LogP contribution in [0, 0.1) is 0 Å². The zero-order valence-corrected chi connectivity index (χ0v) is 18.7. The first-order valence-corrected chi connectivity index (χ1v) is 13.8. The van der Waals surface area contributed by atoms with Gasteiger partial charge in [0.05, 0.1) is 22.3 Å². The summed E-state index contributed by atoms with van der Waals surface area (Å²) in [5, 5.41) is 5.07. The molecule has 0 radical (unpaired) electrons. The highest BCUT2D eigenvalue weighted by atomic mass is 32.2. The molecule has 2 aliphatic heterocycles. The van der Waals surface area contributed by atoms with E-state index in [4.69, 9.17) is 0 Å². The molecule has 3 amide bonds. The number of nitrogens with zero attached hydrogens (tertiary/aromatic N) is 2. The fourth-order valence-corrected chi connectivity index (χ4v) is 7.07. The summed E-state index contributed by atoms with van der Waals surface area (Å²) in [6, 6.07) is 1.76. The van der Waals surface area contributed by atoms with Crippen LogP contribution in [0.1, 0.15) is 25.7 Å². The fourth-order valence-electron chi connectivity index (χ4n) is 3.29. The molecule has 0 spiro atoms. The zero-order chi connectivity index (χ0) is 21.8. The number of carbonyl (C=O) groups is 2. The van der Waals surface area contributed by atoms with E-state index in [1.807, 2.05) is 0 Å². The number of thioether (sulfide) groups is 1. The molecule has 166 valence electrons. The van der Waals surface area contributed by atoms with Crippen LogP contribution in [-0.4, -0.2) is 74.5 Å². The molecule has 2 saturated heterocycles. The van der Waals surface area contributed by atoms with Gasteiger partial charge in [-0.1, -0.05) is 18.2 Å². The summed E-state index contributed by atoms with van der Waals surface area (Å²) in [6.07, 6.45) is 4.33. The number of carbonyl (C=O) groups excluding carboxylic acids is 2. The molecule has 10 nitrogen and oxygen atoms in total. The summed E-state index contributed by atoms with van der Waals surface area (Å²) in [7, 11) is -6.68. The monoisotopic (exact) mass is 476 g/mol. The van der Waals surface area contributed by atoms with Crippen molar-refractivity contribution >= 4 is 43.6 Å². The maximum Gasteiger partial charge on any atom is 0.321 e. The van der Waals surface area contributed by atoms with Crippen molar-refractivity contribution in [2.45, 2.75) is 41.6 Å². The third kappa shape index (κ3) is 6.15. The van der Waals surface area contributed by atoms with Crippen LogP contribution in [-0.2, 0) is 24.7 Å². The number of pyridine rings is 1. The minimum atomic E-state index is -3.56. The SMILES string of the molecule is O=C(CSc1ccc(S(=O)(=O)N2CCCCC2)cn1)NC(=O)N[C@H]1CCS(=O)(=O)C1. The van der Waals surface area contributed by atoms with E-state index in [1.54, 1.807) is 0 Å². The molecule has 0 aliphatic carbocycles. The van der Waals surface area contributed by atoms with Crippen molar-refractivity contribution in [3.63, 3.8) is 0 Å². The molecule has 0 aromatic carbocycles. The average Bonchev–Trinajstić information content (AvgIpc) is 3.05. The van der Waals surface area contributed by atoms with E-state index in [2.05, 4.69) is 15.6 Å². The molecule has 0 unspecified atom stereocenters. The van der Waals surface area contributed by atoms with Crippen LogP contribution >= 0.6 is 11.8 Å². The van der Waals surface area contributed by atoms with E-state index in [0.717, 1.165) is 31.0 Å². The Bertz CT molecular complexity index is 989. The molecular weight excluding hydrogens is 452 g/mol. The fraction of sp³-hybridized carbons (Fsp3) is 0.588. The number of nitrogens with one attached hydrogen (secondary N) is 2. The van der Waals surface area contributed by atoms with Gasteiger partial charge in [-0.25, -0.2) is 26.6 Å². The molecule has 2 fully saturated rings. The molecule has 0 bridgehead atoms. The lowest BCUT2D eigenvalue weighted by atomic mass is 10.2. The van der Waals surface area contributed by atoms with Crippen LogP contribution in [0.4, 0.5) is 4.79 Å². The van der Waals surface area contributed by atoms with E-state index in [1.165, 1.54) is 22.6 Å². The van der Waals surface area contributed by atoms with E-state index in [-0.39, 0.29) is 22.2 Å². The number of aromatic nitrogens is 1. The molecule has 2 N–H and O–H groups in total. The van der Waals surface area contributed by atoms with Crippen molar-refractivity contribution in [1.82, 2.24) is 19.9 Å². The first-order chi connectivity index (χ1) is 14.2. The molecule has 30 heavy (non-hydrogen) atoms. The maximum absolute atomic E-state index is 12.6. The second kappa shape index (κ2) is 9.62. The number of imide groups is 1. The Hall–Kier alpha value is -1.70. The lowest BCUT2D eigenvalue weighted by Gasteiger charge is -2.25. The largest absolute Gasteiger partial charge is 0.334 e. The first kappa shape index (κ1) is 23.0. The Morgan fingerprint density at radius 2 is 1.93 bits per heavy atom. The highest BCUT2D eigenvalue weighted by Crippen LogP contribution is 2.22. The number of piperidine rings is 1. The molecule has 13 heteroatoms. The molecule has 0 saturated carbocycles. The third-order valence-electron chi connectivity index (χ3n) is 4.83. The topological polar surface area (TPSA) is 143 Å². The number of rotatable bonds is 6. The van der Waals surface area contributed by atoms with E-state index in [9.17, 15) is 26.4 Å². The quantitative estimate of drug-likeness (QED) is 0.561. The lowest BCUT2D eigenvalue weighted by Crippen LogP contribution is -2.45. The Kier molecular flexibility index (Phi) is 7.37. The Morgan fingerprint density at radius 3 is 2.53 bits per heavy atom. The van der Waals surface area contributed by atoms with Crippen LogP contribution in [0.15, 0.2) is 28.3 Å². The molecule has 1 aromatic rings. The highest BCUT2D eigenvalue weighted by molar-refractivity contribution is 7.99. The van der Waals surface area contributed by atoms with Gasteiger partial charge in [-0.05, 0) is 31.4 Å². The Balaban J connectivity index is 1.46. The van der Waals surface area contributed by atoms with Gasteiger partial charge in [0.15, 0.2) is 9.84 Å². The number of urea groups is 1. The number of hydrogen-bond acceptors (Lipinski definition) is 8. The Labute approximate surface area is 180 Å². The lowest BCUT2D eigenvalue weighted by molar-refractivity contribution is -0.117. The summed E-state index contributed by atoms with van der Waals surface area (Å²) < 4.78 is 49.4. The predicted molar refractivity (Wildman–Crippen MR) is 111 cm³/mol. The standard InChI is InChI=1S/C17H24N4O6S3/c22-15(20-17(23)19-13-6-9-29(24,25)12-13)11-28-16-5-4-14(10-18-16)30(26,27)21-7-2-1-3-8-21/h4-5,10,13H,1-3,6-9,11-12H2,(H2,19,20,22,23)/t13-/m0/s1. The van der Waals surface area contributed by atoms with Crippen LogP contribution in [0.5, 0.6) is 0 Å². The van der Waals surface area contributed by atoms with Gasteiger partial charge >= 0.3 is 6.03 Å². The van der Waals surface area contributed by atoms with Crippen LogP contribution < -0.4 is 10.6 Å². The van der Waals surface area contributed by atoms with Crippen molar-refractivity contribution in [2.24, 2.45) is 0 Å². The maximum atomic E-state index is 12.6. The molecule has 3 heterocycles. The highest BCUT2D eigenvalue weighted by Gasteiger charge is 2.29. The minimum absolute atomic E-state index is 0.0247. The summed E-state index contributed by atoms with van der Waals surface area (Å²) in [4.78, 5) is 27.9. The summed E-state index contributed by atoms with van der Waals surface area (Å²) in [5.41, 5.74) is 0. The minimum Gasteiger partial charge on any atom is -0.334 e. The Morgan fingerprint density at radius 1 is 1.20 bits per heavy atom. The van der Waals surface area contributed by atoms with E-state index in [0.29, 0.717) is 24.5 Å². The number of hydrogen-bond donors (Lipinski definition) is 2. The van der Waals surface area contributed by atoms with Gasteiger partial charge in [-0.3, -0.25) is 10.1 Å². The van der Waals surface area contributed by atoms with Gasteiger partial charge in [0.2, 0.25) is 15.9 Å². The predicted octanol–water partition coefficient (Wildman–Crippen LogP) is 0.361. The summed E-state index contributed by atoms with van der Waals surface area (Å²) >= 11 is 1.06. The zero-order valence-electron chi connectivity index (χ0n) is 16.2. The van der Waals surface area contributed by atoms with Crippen molar-refractivity contribution in [3.05, 3.63) is 18.3 Å². The van der Waals surface area contributed by atoms with Crippen LogP contribution in [0.2, 0.25) is 0 Å². The van der Waals surface area contributed by atoms with Gasteiger partial charge in [-0.15, -0.1) is 0 Å². The summed E-state index contributed by atoms with van der Waals surface area (Å²) in [6.45, 7) is 1.02. The number of sulfone groups is 1. The number of sulfonamides is 1. The van der Waals surface area contributed by atoms with Gasteiger partial charge in [0, 0.05) is 25.3 Å². The van der Waals surface area contributed by atoms with E-state index < -0.39 is 37.8 Å². The van der Waals surface area contributed by atoms with Crippen molar-refractivity contribution in [3.8, 4) is 0 Å². The van der Waals surface area contributed by atoms with Crippen LogP contribution in [0.3, 0.4) is 0 Å². The van der Waals surface area contributed by atoms with Crippen molar-refractivity contribution in [2.75, 3.05) is 30.3 Å².